The van der Waals surface area contributed by atoms with E-state index in [0.717, 1.165) is 25.0 Å². The van der Waals surface area contributed by atoms with Crippen molar-refractivity contribution in [2.24, 2.45) is 11.7 Å². The van der Waals surface area contributed by atoms with E-state index in [4.69, 9.17) is 22.1 Å². The van der Waals surface area contributed by atoms with E-state index in [2.05, 4.69) is 15.6 Å². The van der Waals surface area contributed by atoms with Crippen molar-refractivity contribution in [3.63, 3.8) is 0 Å². The quantitative estimate of drug-likeness (QED) is 0.494. The molecule has 0 bridgehead atoms. The van der Waals surface area contributed by atoms with E-state index in [1.807, 2.05) is 0 Å². The summed E-state index contributed by atoms with van der Waals surface area (Å²) < 4.78 is 33.9. The van der Waals surface area contributed by atoms with Gasteiger partial charge in [-0.3, -0.25) is 14.4 Å². The Hall–Kier alpha value is -3.05. The normalized spacial score (nSPS) is 22.1. The van der Waals surface area contributed by atoms with Gasteiger partial charge in [0.05, 0.1) is 23.1 Å². The third-order valence-corrected chi connectivity index (χ3v) is 6.80. The van der Waals surface area contributed by atoms with Gasteiger partial charge in [-0.15, -0.1) is 0 Å². The van der Waals surface area contributed by atoms with Gasteiger partial charge in [-0.25, -0.2) is 13.8 Å². The summed E-state index contributed by atoms with van der Waals surface area (Å²) in [7, 11) is 0. The molecule has 0 radical (unpaired) electrons. The number of benzene rings is 1. The fraction of sp³-hybridized carbons (Fsp3) is 0.478. The molecule has 3 amide bonds. The highest BCUT2D eigenvalue weighted by Crippen LogP contribution is 2.35. The monoisotopic (exact) mass is 509 g/mol. The summed E-state index contributed by atoms with van der Waals surface area (Å²) in [6.45, 7) is 0.988. The van der Waals surface area contributed by atoms with Crippen molar-refractivity contribution in [1.82, 2.24) is 14.9 Å². The Morgan fingerprint density at radius 2 is 1.86 bits per heavy atom. The van der Waals surface area contributed by atoms with E-state index in [1.54, 1.807) is 4.57 Å². The van der Waals surface area contributed by atoms with Gasteiger partial charge in [0, 0.05) is 31.2 Å². The van der Waals surface area contributed by atoms with E-state index in [0.29, 0.717) is 38.8 Å². The Morgan fingerprint density at radius 3 is 2.51 bits per heavy atom. The lowest BCUT2D eigenvalue weighted by Crippen LogP contribution is -2.34. The lowest BCUT2D eigenvalue weighted by Gasteiger charge is -2.29. The SMILES string of the molecule is NC(=O)c1c(C(=O)NCC2CCCO2)ncn1C1CCC(C(=O)Nc2cc(F)c(F)cc2Cl)CC1. The first kappa shape index (κ1) is 25.1. The van der Waals surface area contributed by atoms with E-state index >= 15 is 0 Å². The number of ether oxygens (including phenoxy) is 1. The van der Waals surface area contributed by atoms with E-state index in [-0.39, 0.29) is 46.1 Å². The van der Waals surface area contributed by atoms with Crippen LogP contribution in [0.3, 0.4) is 0 Å². The molecule has 1 aliphatic heterocycles. The largest absolute Gasteiger partial charge is 0.376 e. The van der Waals surface area contributed by atoms with E-state index in [1.165, 1.54) is 6.33 Å². The topological polar surface area (TPSA) is 128 Å². The number of hydrogen-bond donors (Lipinski definition) is 3. The molecule has 2 aliphatic rings. The van der Waals surface area contributed by atoms with Gasteiger partial charge in [0.2, 0.25) is 5.91 Å². The first-order valence-corrected chi connectivity index (χ1v) is 11.8. The number of halogens is 3. The number of imidazole rings is 1. The number of aromatic nitrogens is 2. The zero-order valence-electron chi connectivity index (χ0n) is 18.9. The molecule has 1 saturated carbocycles. The summed E-state index contributed by atoms with van der Waals surface area (Å²) in [5.41, 5.74) is 5.57. The van der Waals surface area contributed by atoms with Crippen LogP contribution in [0.2, 0.25) is 5.02 Å². The first-order valence-electron chi connectivity index (χ1n) is 11.5. The molecule has 1 aliphatic carbocycles. The number of hydrogen-bond acceptors (Lipinski definition) is 5. The minimum Gasteiger partial charge on any atom is -0.376 e. The third kappa shape index (κ3) is 5.62. The fourth-order valence-corrected chi connectivity index (χ4v) is 4.81. The van der Waals surface area contributed by atoms with E-state index in [9.17, 15) is 23.2 Å². The number of nitrogens with one attached hydrogen (secondary N) is 2. The molecule has 2 heterocycles. The second-order valence-electron chi connectivity index (χ2n) is 8.80. The minimum atomic E-state index is -1.11. The van der Waals surface area contributed by atoms with Crippen molar-refractivity contribution < 1.29 is 27.9 Å². The number of primary amides is 1. The van der Waals surface area contributed by atoms with Crippen LogP contribution in [0.1, 0.15) is 65.5 Å². The number of anilines is 1. The van der Waals surface area contributed by atoms with Crippen LogP contribution >= 0.6 is 11.6 Å². The summed E-state index contributed by atoms with van der Waals surface area (Å²) >= 11 is 5.91. The molecule has 4 rings (SSSR count). The Kier molecular flexibility index (Phi) is 7.66. The average molecular weight is 510 g/mol. The Labute approximate surface area is 205 Å². The molecule has 35 heavy (non-hydrogen) atoms. The van der Waals surface area contributed by atoms with Gasteiger partial charge in [-0.05, 0) is 44.6 Å². The third-order valence-electron chi connectivity index (χ3n) is 6.49. The predicted molar refractivity (Wildman–Crippen MR) is 123 cm³/mol. The maximum Gasteiger partial charge on any atom is 0.272 e. The van der Waals surface area contributed by atoms with Crippen molar-refractivity contribution in [3.8, 4) is 0 Å². The van der Waals surface area contributed by atoms with Gasteiger partial charge >= 0.3 is 0 Å². The van der Waals surface area contributed by atoms with E-state index < -0.39 is 23.4 Å². The van der Waals surface area contributed by atoms with Crippen molar-refractivity contribution in [2.75, 3.05) is 18.5 Å². The Morgan fingerprint density at radius 1 is 1.14 bits per heavy atom. The molecule has 4 N–H and O–H groups in total. The van der Waals surface area contributed by atoms with Crippen LogP contribution < -0.4 is 16.4 Å². The molecule has 2 aromatic rings. The zero-order chi connectivity index (χ0) is 25.1. The number of carbonyl (C=O) groups excluding carboxylic acids is 3. The second-order valence-corrected chi connectivity index (χ2v) is 9.21. The number of rotatable bonds is 7. The van der Waals surface area contributed by atoms with Gasteiger partial charge in [0.25, 0.3) is 11.8 Å². The molecule has 1 atom stereocenters. The summed E-state index contributed by atoms with van der Waals surface area (Å²) in [6, 6.07) is 1.47. The molecule has 12 heteroatoms. The van der Waals surface area contributed by atoms with Crippen molar-refractivity contribution in [3.05, 3.63) is 46.5 Å². The lowest BCUT2D eigenvalue weighted by atomic mass is 9.85. The van der Waals surface area contributed by atoms with Crippen LogP contribution in [0.25, 0.3) is 0 Å². The lowest BCUT2D eigenvalue weighted by molar-refractivity contribution is -0.121. The molecule has 2 fully saturated rings. The summed E-state index contributed by atoms with van der Waals surface area (Å²) in [4.78, 5) is 41.6. The number of nitrogens with two attached hydrogens (primary N) is 1. The molecule has 1 aromatic carbocycles. The van der Waals surface area contributed by atoms with Crippen molar-refractivity contribution in [1.29, 1.82) is 0 Å². The van der Waals surface area contributed by atoms with Gasteiger partial charge in [-0.2, -0.15) is 0 Å². The molecular formula is C23H26ClF2N5O4. The first-order chi connectivity index (χ1) is 16.7. The summed E-state index contributed by atoms with van der Waals surface area (Å²) in [5.74, 6) is -4.21. The zero-order valence-corrected chi connectivity index (χ0v) is 19.6. The molecule has 1 saturated heterocycles. The number of carbonyl (C=O) groups is 3. The average Bonchev–Trinajstić information content (AvgIpc) is 3.51. The van der Waals surface area contributed by atoms with Crippen LogP contribution in [0, 0.1) is 17.6 Å². The number of amides is 3. The molecule has 1 aromatic heterocycles. The Balaban J connectivity index is 1.38. The summed E-state index contributed by atoms with van der Waals surface area (Å²) in [5, 5.41) is 5.21. The predicted octanol–water partition coefficient (Wildman–Crippen LogP) is 3.19. The maximum atomic E-state index is 13.5. The van der Waals surface area contributed by atoms with Crippen LogP contribution in [-0.4, -0.2) is 46.5 Å². The van der Waals surface area contributed by atoms with Crippen LogP contribution in [0.5, 0.6) is 0 Å². The number of nitrogens with zero attached hydrogens (tertiary/aromatic N) is 2. The highest BCUT2D eigenvalue weighted by molar-refractivity contribution is 6.33. The highest BCUT2D eigenvalue weighted by Gasteiger charge is 2.32. The van der Waals surface area contributed by atoms with Crippen LogP contribution in [0.4, 0.5) is 14.5 Å². The van der Waals surface area contributed by atoms with Gasteiger partial charge in [-0.1, -0.05) is 11.6 Å². The van der Waals surface area contributed by atoms with Crippen LogP contribution in [0.15, 0.2) is 18.5 Å². The minimum absolute atomic E-state index is 0.00183. The molecular weight excluding hydrogens is 484 g/mol. The Bertz CT molecular complexity index is 1130. The standard InChI is InChI=1S/C23H26ClF2N5O4/c24-15-8-16(25)17(26)9-18(15)30-22(33)12-3-5-13(6-4-12)31-11-29-19(20(31)21(27)32)23(34)28-10-14-2-1-7-35-14/h8-9,11-14H,1-7,10H2,(H2,27,32)(H,28,34)(H,30,33). The highest BCUT2D eigenvalue weighted by atomic mass is 35.5. The fourth-order valence-electron chi connectivity index (χ4n) is 4.61. The summed E-state index contributed by atoms with van der Waals surface area (Å²) in [6.07, 6.45) is 5.15. The smallest absolute Gasteiger partial charge is 0.272 e. The molecule has 9 nitrogen and oxygen atoms in total. The van der Waals surface area contributed by atoms with Crippen molar-refractivity contribution in [2.45, 2.75) is 50.7 Å². The molecule has 188 valence electrons. The second kappa shape index (κ2) is 10.7. The van der Waals surface area contributed by atoms with Gasteiger partial charge < -0.3 is 25.7 Å². The molecule has 1 unspecified atom stereocenters. The molecule has 0 spiro atoms. The van der Waals surface area contributed by atoms with Crippen LogP contribution in [-0.2, 0) is 9.53 Å². The van der Waals surface area contributed by atoms with Crippen molar-refractivity contribution >= 4 is 35.0 Å². The maximum absolute atomic E-state index is 13.5. The van der Waals surface area contributed by atoms with Gasteiger partial charge in [0.1, 0.15) is 5.69 Å². The van der Waals surface area contributed by atoms with Gasteiger partial charge in [0.15, 0.2) is 17.3 Å².